The Morgan fingerprint density at radius 3 is 3.00 bits per heavy atom. The van der Waals surface area contributed by atoms with Gasteiger partial charge in [0.15, 0.2) is 0 Å². The Morgan fingerprint density at radius 1 is 1.53 bits per heavy atom. The molecule has 2 rings (SSSR count). The third-order valence-corrected chi connectivity index (χ3v) is 4.55. The van der Waals surface area contributed by atoms with Crippen LogP contribution in [0, 0.1) is 5.92 Å². The van der Waals surface area contributed by atoms with E-state index in [1.807, 2.05) is 11.4 Å². The molecule has 17 heavy (non-hydrogen) atoms. The lowest BCUT2D eigenvalue weighted by Gasteiger charge is -2.29. The Kier molecular flexibility index (Phi) is 4.18. The minimum absolute atomic E-state index is 0.473. The van der Waals surface area contributed by atoms with Crippen LogP contribution in [-0.2, 0) is 6.54 Å². The van der Waals surface area contributed by atoms with Gasteiger partial charge in [0, 0.05) is 12.6 Å². The number of rotatable bonds is 4. The molecule has 1 aliphatic rings. The third-order valence-electron chi connectivity index (χ3n) is 3.61. The molecule has 4 heteroatoms. The van der Waals surface area contributed by atoms with Gasteiger partial charge in [0.05, 0.1) is 0 Å². The first-order chi connectivity index (χ1) is 8.18. The van der Waals surface area contributed by atoms with Crippen LogP contribution >= 0.6 is 11.3 Å². The highest BCUT2D eigenvalue weighted by Gasteiger charge is 2.21. The quantitative estimate of drug-likeness (QED) is 0.866. The first-order valence-corrected chi connectivity index (χ1v) is 7.09. The van der Waals surface area contributed by atoms with Crippen LogP contribution in [0.2, 0.25) is 0 Å². The molecule has 1 saturated carbocycles. The van der Waals surface area contributed by atoms with E-state index in [-0.39, 0.29) is 0 Å². The molecule has 2 N–H and O–H groups in total. The summed E-state index contributed by atoms with van der Waals surface area (Å²) in [6, 6.07) is 2.46. The highest BCUT2D eigenvalue weighted by molar-refractivity contribution is 7.12. The number of nitrogens with one attached hydrogen (secondary N) is 1. The number of carbonyl (C=O) groups is 1. The summed E-state index contributed by atoms with van der Waals surface area (Å²) < 4.78 is 0. The number of carboxylic acids is 1. The van der Waals surface area contributed by atoms with Crippen molar-refractivity contribution in [2.24, 2.45) is 5.92 Å². The summed E-state index contributed by atoms with van der Waals surface area (Å²) in [6.45, 7) is 2.96. The van der Waals surface area contributed by atoms with Crippen molar-refractivity contribution in [1.82, 2.24) is 5.32 Å². The summed E-state index contributed by atoms with van der Waals surface area (Å²) in [6.07, 6.45) is 5.12. The Labute approximate surface area is 106 Å². The molecule has 1 aliphatic carbocycles. The van der Waals surface area contributed by atoms with Crippen molar-refractivity contribution in [3.63, 3.8) is 0 Å². The molecule has 0 amide bonds. The second-order valence-electron chi connectivity index (χ2n) is 4.83. The first-order valence-electron chi connectivity index (χ1n) is 6.21. The van der Waals surface area contributed by atoms with Crippen LogP contribution in [0.1, 0.15) is 47.8 Å². The molecular weight excluding hydrogens is 234 g/mol. The van der Waals surface area contributed by atoms with E-state index in [1.165, 1.54) is 37.0 Å². The highest BCUT2D eigenvalue weighted by atomic mass is 32.1. The van der Waals surface area contributed by atoms with E-state index in [9.17, 15) is 4.79 Å². The van der Waals surface area contributed by atoms with Gasteiger partial charge in [0.2, 0.25) is 0 Å². The summed E-state index contributed by atoms with van der Waals surface area (Å²) in [7, 11) is 0. The van der Waals surface area contributed by atoms with E-state index in [1.54, 1.807) is 0 Å². The molecular formula is C13H19NO2S. The van der Waals surface area contributed by atoms with Gasteiger partial charge < -0.3 is 10.4 Å². The summed E-state index contributed by atoms with van der Waals surface area (Å²) in [4.78, 5) is 11.5. The lowest BCUT2D eigenvalue weighted by atomic mass is 9.86. The zero-order chi connectivity index (χ0) is 12.3. The topological polar surface area (TPSA) is 49.3 Å². The smallest absolute Gasteiger partial charge is 0.346 e. The van der Waals surface area contributed by atoms with Crippen LogP contribution in [0.5, 0.6) is 0 Å². The van der Waals surface area contributed by atoms with Gasteiger partial charge in [-0.25, -0.2) is 4.79 Å². The second kappa shape index (κ2) is 5.65. The SMILES string of the molecule is CC1CCCCC1NCc1ccsc1C(=O)O. The molecule has 3 nitrogen and oxygen atoms in total. The lowest BCUT2D eigenvalue weighted by Crippen LogP contribution is -2.36. The Hall–Kier alpha value is -0.870. The van der Waals surface area contributed by atoms with Crippen LogP contribution in [0.3, 0.4) is 0 Å². The molecule has 0 aromatic carbocycles. The van der Waals surface area contributed by atoms with E-state index in [0.29, 0.717) is 23.4 Å². The molecule has 0 spiro atoms. The van der Waals surface area contributed by atoms with E-state index < -0.39 is 5.97 Å². The zero-order valence-corrected chi connectivity index (χ0v) is 10.9. The van der Waals surface area contributed by atoms with Gasteiger partial charge in [0.25, 0.3) is 0 Å². The number of thiophene rings is 1. The fourth-order valence-corrected chi connectivity index (χ4v) is 3.28. The molecule has 94 valence electrons. The monoisotopic (exact) mass is 253 g/mol. The number of hydrogen-bond donors (Lipinski definition) is 2. The Bertz CT molecular complexity index is 389. The van der Waals surface area contributed by atoms with Gasteiger partial charge in [0.1, 0.15) is 4.88 Å². The molecule has 2 unspecified atom stereocenters. The van der Waals surface area contributed by atoms with Gasteiger partial charge in [-0.15, -0.1) is 11.3 Å². The molecule has 0 bridgehead atoms. The number of carboxylic acid groups (broad SMARTS) is 1. The van der Waals surface area contributed by atoms with Crippen molar-refractivity contribution < 1.29 is 9.90 Å². The van der Waals surface area contributed by atoms with E-state index in [0.717, 1.165) is 5.56 Å². The molecule has 0 aliphatic heterocycles. The van der Waals surface area contributed by atoms with Crippen LogP contribution in [0.25, 0.3) is 0 Å². The minimum Gasteiger partial charge on any atom is -0.477 e. The molecule has 1 fully saturated rings. The number of aromatic carboxylic acids is 1. The molecule has 1 aromatic heterocycles. The Balaban J connectivity index is 1.92. The average Bonchev–Trinajstić information content (AvgIpc) is 2.76. The predicted molar refractivity (Wildman–Crippen MR) is 69.5 cm³/mol. The van der Waals surface area contributed by atoms with E-state index in [4.69, 9.17) is 5.11 Å². The Morgan fingerprint density at radius 2 is 2.29 bits per heavy atom. The van der Waals surface area contributed by atoms with Crippen LogP contribution in [0.15, 0.2) is 11.4 Å². The van der Waals surface area contributed by atoms with Crippen LogP contribution in [0.4, 0.5) is 0 Å². The summed E-state index contributed by atoms with van der Waals surface area (Å²) in [5, 5.41) is 14.4. The maximum absolute atomic E-state index is 11.0. The van der Waals surface area contributed by atoms with Crippen molar-refractivity contribution in [3.05, 3.63) is 21.9 Å². The van der Waals surface area contributed by atoms with Gasteiger partial charge in [-0.2, -0.15) is 0 Å². The standard InChI is InChI=1S/C13H19NO2S/c1-9-4-2-3-5-11(9)14-8-10-6-7-17-12(10)13(15)16/h6-7,9,11,14H,2-5,8H2,1H3,(H,15,16). The largest absolute Gasteiger partial charge is 0.477 e. The summed E-state index contributed by atoms with van der Waals surface area (Å²) in [5.41, 5.74) is 0.917. The molecule has 0 radical (unpaired) electrons. The van der Waals surface area contributed by atoms with E-state index >= 15 is 0 Å². The molecule has 1 aromatic rings. The maximum Gasteiger partial charge on any atom is 0.346 e. The average molecular weight is 253 g/mol. The van der Waals surface area contributed by atoms with Gasteiger partial charge in [-0.1, -0.05) is 19.8 Å². The predicted octanol–water partition coefficient (Wildman–Crippen LogP) is 3.11. The lowest BCUT2D eigenvalue weighted by molar-refractivity contribution is 0.0701. The molecule has 1 heterocycles. The fourth-order valence-electron chi connectivity index (χ4n) is 2.52. The van der Waals surface area contributed by atoms with Crippen molar-refractivity contribution in [1.29, 1.82) is 0 Å². The highest BCUT2D eigenvalue weighted by Crippen LogP contribution is 2.24. The number of hydrogen-bond acceptors (Lipinski definition) is 3. The van der Waals surface area contributed by atoms with E-state index in [2.05, 4.69) is 12.2 Å². The van der Waals surface area contributed by atoms with Crippen molar-refractivity contribution in [3.8, 4) is 0 Å². The fraction of sp³-hybridized carbons (Fsp3) is 0.615. The normalized spacial score (nSPS) is 24.8. The van der Waals surface area contributed by atoms with Crippen LogP contribution < -0.4 is 5.32 Å². The second-order valence-corrected chi connectivity index (χ2v) is 5.75. The van der Waals surface area contributed by atoms with Crippen molar-refractivity contribution >= 4 is 17.3 Å². The van der Waals surface area contributed by atoms with Gasteiger partial charge >= 0.3 is 5.97 Å². The molecule has 0 saturated heterocycles. The third kappa shape index (κ3) is 3.07. The van der Waals surface area contributed by atoms with Gasteiger partial charge in [-0.3, -0.25) is 0 Å². The summed E-state index contributed by atoms with van der Waals surface area (Å²) >= 11 is 1.31. The maximum atomic E-state index is 11.0. The first kappa shape index (κ1) is 12.6. The van der Waals surface area contributed by atoms with Gasteiger partial charge in [-0.05, 0) is 35.8 Å². The van der Waals surface area contributed by atoms with Crippen molar-refractivity contribution in [2.75, 3.05) is 0 Å². The van der Waals surface area contributed by atoms with Crippen molar-refractivity contribution in [2.45, 2.75) is 45.2 Å². The summed E-state index contributed by atoms with van der Waals surface area (Å²) in [5.74, 6) is -0.107. The zero-order valence-electron chi connectivity index (χ0n) is 10.1. The van der Waals surface area contributed by atoms with Crippen LogP contribution in [-0.4, -0.2) is 17.1 Å². The molecule has 2 atom stereocenters. The minimum atomic E-state index is -0.812.